The molecule has 4 atom stereocenters. The second kappa shape index (κ2) is 12.6. The summed E-state index contributed by atoms with van der Waals surface area (Å²) in [6.07, 6.45) is -0.534. The van der Waals surface area contributed by atoms with Crippen LogP contribution in [-0.2, 0) is 43.5 Å². The minimum Gasteiger partial charge on any atom is -0.374 e. The molecular weight excluding hydrogens is 416 g/mol. The molecule has 0 bridgehead atoms. The van der Waals surface area contributed by atoms with Gasteiger partial charge in [0.1, 0.15) is 6.10 Å². The zero-order valence-electron chi connectivity index (χ0n) is 19.0. The van der Waals surface area contributed by atoms with Crippen LogP contribution in [0.1, 0.15) is 23.1 Å². The first-order chi connectivity index (χ1) is 16.3. The fourth-order valence-corrected chi connectivity index (χ4v) is 3.96. The summed E-state index contributed by atoms with van der Waals surface area (Å²) in [5.74, 6) is 0. The Morgan fingerprint density at radius 1 is 0.697 bits per heavy atom. The molecular formula is C28H32O5. The number of hydrogen-bond acceptors (Lipinski definition) is 5. The van der Waals surface area contributed by atoms with Crippen molar-refractivity contribution >= 4 is 0 Å². The number of rotatable bonds is 11. The maximum absolute atomic E-state index is 6.36. The quantitative estimate of drug-likeness (QED) is 0.407. The second-order valence-electron chi connectivity index (χ2n) is 8.19. The Morgan fingerprint density at radius 3 is 1.76 bits per heavy atom. The molecule has 33 heavy (non-hydrogen) atoms. The average molecular weight is 449 g/mol. The highest BCUT2D eigenvalue weighted by molar-refractivity contribution is 5.15. The smallest absolute Gasteiger partial charge is 0.186 e. The van der Waals surface area contributed by atoms with Crippen LogP contribution in [0.15, 0.2) is 91.0 Å². The van der Waals surface area contributed by atoms with E-state index in [2.05, 4.69) is 24.3 Å². The highest BCUT2D eigenvalue weighted by Gasteiger charge is 2.40. The van der Waals surface area contributed by atoms with Gasteiger partial charge in [-0.2, -0.15) is 0 Å². The first kappa shape index (κ1) is 23.6. The summed E-state index contributed by atoms with van der Waals surface area (Å²) < 4.78 is 30.5. The van der Waals surface area contributed by atoms with Crippen molar-refractivity contribution in [2.45, 2.75) is 50.8 Å². The van der Waals surface area contributed by atoms with Crippen LogP contribution in [0.25, 0.3) is 0 Å². The molecule has 1 heterocycles. The van der Waals surface area contributed by atoms with Crippen molar-refractivity contribution in [3.05, 3.63) is 108 Å². The van der Waals surface area contributed by atoms with Crippen molar-refractivity contribution < 1.29 is 23.7 Å². The lowest BCUT2D eigenvalue weighted by Gasteiger charge is -2.40. The first-order valence-electron chi connectivity index (χ1n) is 11.4. The van der Waals surface area contributed by atoms with Crippen molar-refractivity contribution in [2.75, 3.05) is 13.7 Å². The van der Waals surface area contributed by atoms with Gasteiger partial charge in [0.05, 0.1) is 38.6 Å². The van der Waals surface area contributed by atoms with Gasteiger partial charge in [0.2, 0.25) is 0 Å². The van der Waals surface area contributed by atoms with E-state index in [1.165, 1.54) is 0 Å². The summed E-state index contributed by atoms with van der Waals surface area (Å²) in [5, 5.41) is 0. The van der Waals surface area contributed by atoms with E-state index in [9.17, 15) is 0 Å². The van der Waals surface area contributed by atoms with E-state index in [0.29, 0.717) is 32.8 Å². The molecule has 3 aromatic rings. The highest BCUT2D eigenvalue weighted by Crippen LogP contribution is 2.28. The molecule has 5 nitrogen and oxygen atoms in total. The largest absolute Gasteiger partial charge is 0.374 e. The van der Waals surface area contributed by atoms with Gasteiger partial charge in [-0.1, -0.05) is 91.0 Å². The Balaban J connectivity index is 1.39. The molecule has 0 amide bonds. The van der Waals surface area contributed by atoms with Crippen molar-refractivity contribution in [1.29, 1.82) is 0 Å². The van der Waals surface area contributed by atoms with Crippen LogP contribution >= 0.6 is 0 Å². The molecule has 0 aliphatic carbocycles. The molecule has 0 saturated carbocycles. The molecule has 0 spiro atoms. The molecule has 0 unspecified atom stereocenters. The van der Waals surface area contributed by atoms with Crippen molar-refractivity contribution in [3.63, 3.8) is 0 Å². The van der Waals surface area contributed by atoms with Gasteiger partial charge in [-0.25, -0.2) is 0 Å². The van der Waals surface area contributed by atoms with Gasteiger partial charge in [-0.3, -0.25) is 0 Å². The average Bonchev–Trinajstić information content (AvgIpc) is 2.88. The summed E-state index contributed by atoms with van der Waals surface area (Å²) >= 11 is 0. The van der Waals surface area contributed by atoms with E-state index in [-0.39, 0.29) is 18.3 Å². The fraction of sp³-hybridized carbons (Fsp3) is 0.357. The Hall–Kier alpha value is -2.54. The molecule has 1 aliphatic rings. The molecule has 174 valence electrons. The lowest BCUT2D eigenvalue weighted by Crippen LogP contribution is -2.52. The Labute approximate surface area is 196 Å². The van der Waals surface area contributed by atoms with E-state index in [1.54, 1.807) is 7.11 Å². The SMILES string of the molecule is CO[C@H]1O[C@H](COCc2ccccc2)C[C@H](OCc2ccccc2)[C@@H]1OCc1ccccc1. The van der Waals surface area contributed by atoms with Crippen LogP contribution in [0.5, 0.6) is 0 Å². The summed E-state index contributed by atoms with van der Waals surface area (Å²) in [6, 6.07) is 30.4. The number of methoxy groups -OCH3 is 1. The van der Waals surface area contributed by atoms with Crippen LogP contribution in [0.2, 0.25) is 0 Å². The second-order valence-corrected chi connectivity index (χ2v) is 8.19. The van der Waals surface area contributed by atoms with E-state index in [4.69, 9.17) is 23.7 Å². The van der Waals surface area contributed by atoms with Crippen LogP contribution in [-0.4, -0.2) is 38.3 Å². The van der Waals surface area contributed by atoms with Gasteiger partial charge < -0.3 is 23.7 Å². The van der Waals surface area contributed by atoms with E-state index >= 15 is 0 Å². The molecule has 5 heteroatoms. The lowest BCUT2D eigenvalue weighted by atomic mass is 10.0. The molecule has 3 aromatic carbocycles. The standard InChI is InChI=1S/C28H32O5/c1-29-28-27(32-20-24-15-9-4-10-16-24)26(31-19-23-13-7-3-8-14-23)17-25(33-28)21-30-18-22-11-5-2-6-12-22/h2-16,25-28H,17-21H2,1H3/t25-,26-,27-,28-/m0/s1. The molecule has 1 saturated heterocycles. The normalized spacial score (nSPS) is 22.8. The first-order valence-corrected chi connectivity index (χ1v) is 11.4. The molecule has 0 radical (unpaired) electrons. The minimum atomic E-state index is -0.534. The van der Waals surface area contributed by atoms with Crippen LogP contribution < -0.4 is 0 Å². The van der Waals surface area contributed by atoms with Gasteiger partial charge in [-0.05, 0) is 16.7 Å². The molecule has 1 fully saturated rings. The number of ether oxygens (including phenoxy) is 5. The molecule has 0 N–H and O–H groups in total. The zero-order valence-corrected chi connectivity index (χ0v) is 19.0. The topological polar surface area (TPSA) is 46.2 Å². The molecule has 1 aliphatic heterocycles. The van der Waals surface area contributed by atoms with Crippen molar-refractivity contribution in [3.8, 4) is 0 Å². The third-order valence-corrected chi connectivity index (χ3v) is 5.70. The fourth-order valence-electron chi connectivity index (χ4n) is 3.96. The summed E-state index contributed by atoms with van der Waals surface area (Å²) in [4.78, 5) is 0. The van der Waals surface area contributed by atoms with E-state index < -0.39 is 6.29 Å². The Kier molecular flexibility index (Phi) is 9.04. The van der Waals surface area contributed by atoms with Gasteiger partial charge in [-0.15, -0.1) is 0 Å². The molecule has 0 aromatic heterocycles. The summed E-state index contributed by atoms with van der Waals surface area (Å²) in [7, 11) is 1.64. The van der Waals surface area contributed by atoms with Gasteiger partial charge in [0, 0.05) is 13.5 Å². The van der Waals surface area contributed by atoms with Crippen molar-refractivity contribution in [1.82, 2.24) is 0 Å². The zero-order chi connectivity index (χ0) is 22.7. The van der Waals surface area contributed by atoms with Crippen LogP contribution in [0.4, 0.5) is 0 Å². The van der Waals surface area contributed by atoms with Crippen LogP contribution in [0, 0.1) is 0 Å². The lowest BCUT2D eigenvalue weighted by molar-refractivity contribution is -0.286. The highest BCUT2D eigenvalue weighted by atomic mass is 16.7. The van der Waals surface area contributed by atoms with Crippen LogP contribution in [0.3, 0.4) is 0 Å². The number of benzene rings is 3. The van der Waals surface area contributed by atoms with Crippen molar-refractivity contribution in [2.24, 2.45) is 0 Å². The minimum absolute atomic E-state index is 0.143. The monoisotopic (exact) mass is 448 g/mol. The third kappa shape index (κ3) is 7.22. The maximum Gasteiger partial charge on any atom is 0.186 e. The van der Waals surface area contributed by atoms with Gasteiger partial charge >= 0.3 is 0 Å². The third-order valence-electron chi connectivity index (χ3n) is 5.70. The summed E-state index contributed by atoms with van der Waals surface area (Å²) in [5.41, 5.74) is 3.36. The Morgan fingerprint density at radius 2 is 1.21 bits per heavy atom. The summed E-state index contributed by atoms with van der Waals surface area (Å²) in [6.45, 7) is 1.98. The predicted octanol–water partition coefficient (Wildman–Crippen LogP) is 5.14. The number of hydrogen-bond donors (Lipinski definition) is 0. The predicted molar refractivity (Wildman–Crippen MR) is 126 cm³/mol. The Bertz CT molecular complexity index is 919. The maximum atomic E-state index is 6.36. The van der Waals surface area contributed by atoms with E-state index in [1.807, 2.05) is 66.7 Å². The molecule has 4 rings (SSSR count). The van der Waals surface area contributed by atoms with Gasteiger partial charge in [0.15, 0.2) is 6.29 Å². The van der Waals surface area contributed by atoms with Gasteiger partial charge in [0.25, 0.3) is 0 Å². The van der Waals surface area contributed by atoms with E-state index in [0.717, 1.165) is 16.7 Å².